The molecule has 2 rings (SSSR count). The van der Waals surface area contributed by atoms with Crippen LogP contribution in [0.4, 0.5) is 4.79 Å². The van der Waals surface area contributed by atoms with E-state index in [1.54, 1.807) is 4.90 Å². The van der Waals surface area contributed by atoms with E-state index in [2.05, 4.69) is 0 Å². The highest BCUT2D eigenvalue weighted by Gasteiger charge is 2.53. The standard InChI is InChI=1S/C11H19NO4S/c1-10(2,3)16-9(13)12-5-4-11(6-12)7-17(14,15)8-11/h4-8H2,1-3H3. The fourth-order valence-electron chi connectivity index (χ4n) is 2.54. The fraction of sp³-hybridized carbons (Fsp3) is 0.909. The summed E-state index contributed by atoms with van der Waals surface area (Å²) in [7, 11) is -2.84. The topological polar surface area (TPSA) is 63.7 Å². The molecule has 17 heavy (non-hydrogen) atoms. The Morgan fingerprint density at radius 3 is 2.35 bits per heavy atom. The van der Waals surface area contributed by atoms with Gasteiger partial charge < -0.3 is 9.64 Å². The lowest BCUT2D eigenvalue weighted by molar-refractivity contribution is 0.0277. The molecule has 1 amide bonds. The molecule has 0 aromatic carbocycles. The fourth-order valence-corrected chi connectivity index (χ4v) is 4.80. The smallest absolute Gasteiger partial charge is 0.410 e. The molecule has 6 heteroatoms. The van der Waals surface area contributed by atoms with Crippen molar-refractivity contribution >= 4 is 15.9 Å². The second-order valence-corrected chi connectivity index (χ2v) is 8.25. The van der Waals surface area contributed by atoms with E-state index >= 15 is 0 Å². The van der Waals surface area contributed by atoms with Gasteiger partial charge >= 0.3 is 6.09 Å². The molecular weight excluding hydrogens is 242 g/mol. The normalized spacial score (nSPS) is 25.7. The van der Waals surface area contributed by atoms with Gasteiger partial charge in [0.15, 0.2) is 9.84 Å². The highest BCUT2D eigenvalue weighted by atomic mass is 32.2. The Kier molecular flexibility index (Phi) is 2.69. The number of carbonyl (C=O) groups excluding carboxylic acids is 1. The first-order valence-corrected chi connectivity index (χ1v) is 7.61. The zero-order valence-electron chi connectivity index (χ0n) is 10.5. The lowest BCUT2D eigenvalue weighted by atomic mass is 9.91. The zero-order chi connectivity index (χ0) is 12.9. The van der Waals surface area contributed by atoms with E-state index < -0.39 is 15.4 Å². The van der Waals surface area contributed by atoms with Crippen LogP contribution in [0.3, 0.4) is 0 Å². The Morgan fingerprint density at radius 2 is 1.88 bits per heavy atom. The number of amides is 1. The highest BCUT2D eigenvalue weighted by molar-refractivity contribution is 7.92. The lowest BCUT2D eigenvalue weighted by Gasteiger charge is -2.37. The Bertz CT molecular complexity index is 423. The van der Waals surface area contributed by atoms with Gasteiger partial charge in [0.05, 0.1) is 11.5 Å². The molecule has 0 atom stereocenters. The summed E-state index contributed by atoms with van der Waals surface area (Å²) < 4.78 is 27.7. The number of sulfone groups is 1. The van der Waals surface area contributed by atoms with Crippen LogP contribution in [0.2, 0.25) is 0 Å². The predicted molar refractivity (Wildman–Crippen MR) is 63.5 cm³/mol. The minimum absolute atomic E-state index is 0.185. The summed E-state index contributed by atoms with van der Waals surface area (Å²) in [5, 5.41) is 0. The van der Waals surface area contributed by atoms with E-state index in [0.717, 1.165) is 6.42 Å². The van der Waals surface area contributed by atoms with Crippen molar-refractivity contribution in [2.45, 2.75) is 32.8 Å². The Morgan fingerprint density at radius 1 is 1.29 bits per heavy atom. The number of likely N-dealkylation sites (tertiary alicyclic amines) is 1. The van der Waals surface area contributed by atoms with Crippen LogP contribution in [-0.4, -0.2) is 49.6 Å². The Labute approximate surface area is 102 Å². The summed E-state index contributed by atoms with van der Waals surface area (Å²) in [6.45, 7) is 6.59. The molecule has 2 aliphatic heterocycles. The van der Waals surface area contributed by atoms with E-state index in [-0.39, 0.29) is 23.0 Å². The maximum atomic E-state index is 11.8. The molecule has 98 valence electrons. The van der Waals surface area contributed by atoms with Crippen molar-refractivity contribution in [3.8, 4) is 0 Å². The van der Waals surface area contributed by atoms with Crippen molar-refractivity contribution < 1.29 is 17.9 Å². The third-order valence-corrected chi connectivity index (χ3v) is 5.25. The molecule has 2 saturated heterocycles. The zero-order valence-corrected chi connectivity index (χ0v) is 11.3. The monoisotopic (exact) mass is 261 g/mol. The summed E-state index contributed by atoms with van der Waals surface area (Å²) in [5.74, 6) is 0.443. The Balaban J connectivity index is 1.93. The van der Waals surface area contributed by atoms with Gasteiger partial charge in [-0.15, -0.1) is 0 Å². The molecule has 2 heterocycles. The summed E-state index contributed by atoms with van der Waals surface area (Å²) in [5.41, 5.74) is -0.686. The van der Waals surface area contributed by atoms with Crippen LogP contribution in [-0.2, 0) is 14.6 Å². The number of rotatable bonds is 0. The molecule has 0 radical (unpaired) electrons. The second kappa shape index (κ2) is 3.60. The van der Waals surface area contributed by atoms with Gasteiger partial charge in [0, 0.05) is 18.5 Å². The molecular formula is C11H19NO4S. The summed E-state index contributed by atoms with van der Waals surface area (Å²) in [6, 6.07) is 0. The molecule has 0 N–H and O–H groups in total. The van der Waals surface area contributed by atoms with Gasteiger partial charge in [0.2, 0.25) is 0 Å². The largest absolute Gasteiger partial charge is 0.444 e. The first-order valence-electron chi connectivity index (χ1n) is 5.79. The third kappa shape index (κ3) is 2.73. The molecule has 2 aliphatic rings. The SMILES string of the molecule is CC(C)(C)OC(=O)N1CCC2(C1)CS(=O)(=O)C2. The van der Waals surface area contributed by atoms with E-state index in [0.29, 0.717) is 13.1 Å². The van der Waals surface area contributed by atoms with Crippen molar-refractivity contribution in [1.82, 2.24) is 4.90 Å². The van der Waals surface area contributed by atoms with Crippen molar-refractivity contribution in [3.05, 3.63) is 0 Å². The molecule has 0 aromatic heterocycles. The van der Waals surface area contributed by atoms with Crippen LogP contribution in [0.15, 0.2) is 0 Å². The number of ether oxygens (including phenoxy) is 1. The minimum atomic E-state index is -2.84. The van der Waals surface area contributed by atoms with Crippen LogP contribution >= 0.6 is 0 Å². The molecule has 1 spiro atoms. The second-order valence-electron chi connectivity index (χ2n) is 6.18. The summed E-state index contributed by atoms with van der Waals surface area (Å²) >= 11 is 0. The van der Waals surface area contributed by atoms with Gasteiger partial charge in [0.1, 0.15) is 5.60 Å². The van der Waals surface area contributed by atoms with Crippen LogP contribution in [0.1, 0.15) is 27.2 Å². The molecule has 0 aromatic rings. The van der Waals surface area contributed by atoms with Crippen molar-refractivity contribution in [2.75, 3.05) is 24.6 Å². The first kappa shape index (κ1) is 12.7. The van der Waals surface area contributed by atoms with Gasteiger partial charge in [-0.1, -0.05) is 0 Å². The van der Waals surface area contributed by atoms with Gasteiger partial charge in [-0.2, -0.15) is 0 Å². The molecule has 0 unspecified atom stereocenters. The number of hydrogen-bond donors (Lipinski definition) is 0. The van der Waals surface area contributed by atoms with Gasteiger partial charge in [-0.25, -0.2) is 13.2 Å². The van der Waals surface area contributed by atoms with Crippen molar-refractivity contribution in [1.29, 1.82) is 0 Å². The van der Waals surface area contributed by atoms with E-state index in [9.17, 15) is 13.2 Å². The predicted octanol–water partition coefficient (Wildman–Crippen LogP) is 1.04. The van der Waals surface area contributed by atoms with Crippen LogP contribution in [0, 0.1) is 5.41 Å². The van der Waals surface area contributed by atoms with E-state index in [1.807, 2.05) is 20.8 Å². The lowest BCUT2D eigenvalue weighted by Crippen LogP contribution is -2.50. The maximum absolute atomic E-state index is 11.8. The Hall–Kier alpha value is -0.780. The van der Waals surface area contributed by atoms with Crippen LogP contribution in [0.25, 0.3) is 0 Å². The van der Waals surface area contributed by atoms with E-state index in [4.69, 9.17) is 4.74 Å². The highest BCUT2D eigenvalue weighted by Crippen LogP contribution is 2.41. The average Bonchev–Trinajstić information content (AvgIpc) is 2.43. The summed E-state index contributed by atoms with van der Waals surface area (Å²) in [4.78, 5) is 13.4. The van der Waals surface area contributed by atoms with Crippen molar-refractivity contribution in [2.24, 2.45) is 5.41 Å². The molecule has 0 bridgehead atoms. The molecule has 2 fully saturated rings. The first-order chi connectivity index (χ1) is 7.61. The quantitative estimate of drug-likeness (QED) is 0.653. The number of hydrogen-bond acceptors (Lipinski definition) is 4. The van der Waals surface area contributed by atoms with Gasteiger partial charge in [-0.05, 0) is 27.2 Å². The van der Waals surface area contributed by atoms with Gasteiger partial charge in [0.25, 0.3) is 0 Å². The van der Waals surface area contributed by atoms with Crippen LogP contribution < -0.4 is 0 Å². The molecule has 0 aliphatic carbocycles. The summed E-state index contributed by atoms with van der Waals surface area (Å²) in [6.07, 6.45) is 0.435. The van der Waals surface area contributed by atoms with Gasteiger partial charge in [-0.3, -0.25) is 0 Å². The molecule has 5 nitrogen and oxygen atoms in total. The number of carbonyl (C=O) groups is 1. The minimum Gasteiger partial charge on any atom is -0.444 e. The average molecular weight is 261 g/mol. The number of nitrogens with zero attached hydrogens (tertiary/aromatic N) is 1. The van der Waals surface area contributed by atoms with Crippen molar-refractivity contribution in [3.63, 3.8) is 0 Å². The third-order valence-electron chi connectivity index (χ3n) is 3.14. The van der Waals surface area contributed by atoms with E-state index in [1.165, 1.54) is 0 Å². The van der Waals surface area contributed by atoms with Crippen LogP contribution in [0.5, 0.6) is 0 Å². The maximum Gasteiger partial charge on any atom is 0.410 e. The molecule has 0 saturated carbocycles.